The predicted octanol–water partition coefficient (Wildman–Crippen LogP) is 3.40. The third kappa shape index (κ3) is 1.68. The van der Waals surface area contributed by atoms with E-state index in [4.69, 9.17) is 0 Å². The van der Waals surface area contributed by atoms with Crippen LogP contribution in [0.3, 0.4) is 0 Å². The summed E-state index contributed by atoms with van der Waals surface area (Å²) in [5.74, 6) is 0. The molecule has 0 aromatic carbocycles. The van der Waals surface area contributed by atoms with Gasteiger partial charge in [-0.15, -0.1) is 0 Å². The summed E-state index contributed by atoms with van der Waals surface area (Å²) in [5, 5.41) is 0. The molecule has 0 radical (unpaired) electrons. The van der Waals surface area contributed by atoms with E-state index in [1.54, 1.807) is 23.1 Å². The summed E-state index contributed by atoms with van der Waals surface area (Å²) in [4.78, 5) is 8.20. The van der Waals surface area contributed by atoms with E-state index in [1.165, 1.54) is 6.33 Å². The number of hydrogen-bond donors (Lipinski definition) is 0. The molecule has 1 aromatic heterocycles. The monoisotopic (exact) mass is 311 g/mol. The number of allylic oxidation sites excluding steroid dienone is 5. The molecule has 2 heterocycles. The minimum absolute atomic E-state index is 0.0976. The Morgan fingerprint density at radius 1 is 1.39 bits per heavy atom. The van der Waals surface area contributed by atoms with Crippen molar-refractivity contribution in [1.29, 1.82) is 0 Å². The highest BCUT2D eigenvalue weighted by Crippen LogP contribution is 2.35. The van der Waals surface area contributed by atoms with Crippen LogP contribution >= 0.6 is 15.9 Å². The minimum atomic E-state index is -2.49. The summed E-state index contributed by atoms with van der Waals surface area (Å²) >= 11 is 3.29. The van der Waals surface area contributed by atoms with Crippen LogP contribution in [0.5, 0.6) is 0 Å². The van der Waals surface area contributed by atoms with Gasteiger partial charge in [0.15, 0.2) is 0 Å². The number of halogens is 3. The quantitative estimate of drug-likeness (QED) is 0.782. The van der Waals surface area contributed by atoms with Crippen LogP contribution < -0.4 is 0 Å². The largest absolute Gasteiger partial charge is 0.296 e. The number of alkyl halides is 2. The van der Waals surface area contributed by atoms with Gasteiger partial charge in [-0.05, 0) is 22.4 Å². The standard InChI is InChI=1S/C12H8BrF2N3/c13-11-9-5-16-4-7-2-1-3-8(12(14)15)10(7)18(9)6-17-11/h1-2,4-6,12H,3H2. The normalized spacial score (nSPS) is 17.7. The average molecular weight is 312 g/mol. The van der Waals surface area contributed by atoms with Crippen LogP contribution in [0.1, 0.15) is 12.1 Å². The van der Waals surface area contributed by atoms with Gasteiger partial charge < -0.3 is 0 Å². The molecule has 0 N–H and O–H groups in total. The maximum Gasteiger partial charge on any atom is 0.262 e. The molecule has 6 heteroatoms. The molecule has 0 atom stereocenters. The number of hydrogen-bond acceptors (Lipinski definition) is 2. The van der Waals surface area contributed by atoms with Gasteiger partial charge in [-0.1, -0.05) is 12.2 Å². The van der Waals surface area contributed by atoms with Crippen molar-refractivity contribution in [2.24, 2.45) is 4.99 Å². The van der Waals surface area contributed by atoms with E-state index >= 15 is 0 Å². The maximum atomic E-state index is 13.1. The van der Waals surface area contributed by atoms with Crippen LogP contribution in [-0.4, -0.2) is 22.2 Å². The number of aliphatic imine (C=N–C) groups is 1. The summed E-state index contributed by atoms with van der Waals surface area (Å²) in [5.41, 5.74) is 1.93. The molecular formula is C12H8BrF2N3. The van der Waals surface area contributed by atoms with Crippen LogP contribution in [0.15, 0.2) is 45.4 Å². The first-order valence-corrected chi connectivity index (χ1v) is 6.12. The molecule has 0 bridgehead atoms. The molecule has 3 rings (SSSR count). The van der Waals surface area contributed by atoms with Crippen molar-refractivity contribution < 1.29 is 8.78 Å². The smallest absolute Gasteiger partial charge is 0.262 e. The molecule has 0 saturated carbocycles. The third-order valence-electron chi connectivity index (χ3n) is 2.88. The fourth-order valence-electron chi connectivity index (χ4n) is 2.08. The zero-order valence-corrected chi connectivity index (χ0v) is 10.7. The summed E-state index contributed by atoms with van der Waals surface area (Å²) in [6, 6.07) is 0. The lowest BCUT2D eigenvalue weighted by Gasteiger charge is -2.19. The molecule has 1 aromatic rings. The van der Waals surface area contributed by atoms with Crippen molar-refractivity contribution in [1.82, 2.24) is 9.55 Å². The number of aromatic nitrogens is 2. The van der Waals surface area contributed by atoms with Gasteiger partial charge in [0.2, 0.25) is 0 Å². The van der Waals surface area contributed by atoms with Crippen molar-refractivity contribution in [3.63, 3.8) is 0 Å². The minimum Gasteiger partial charge on any atom is -0.296 e. The second-order valence-electron chi connectivity index (χ2n) is 3.93. The van der Waals surface area contributed by atoms with Crippen molar-refractivity contribution >= 4 is 27.8 Å². The maximum absolute atomic E-state index is 13.1. The van der Waals surface area contributed by atoms with Crippen molar-refractivity contribution in [2.75, 3.05) is 0 Å². The van der Waals surface area contributed by atoms with Crippen LogP contribution in [0, 0.1) is 0 Å². The molecule has 18 heavy (non-hydrogen) atoms. The molecule has 0 fully saturated rings. The van der Waals surface area contributed by atoms with Crippen LogP contribution in [0.4, 0.5) is 8.78 Å². The first-order valence-electron chi connectivity index (χ1n) is 5.33. The lowest BCUT2D eigenvalue weighted by molar-refractivity contribution is 0.187. The fourth-order valence-corrected chi connectivity index (χ4v) is 2.47. The predicted molar refractivity (Wildman–Crippen MR) is 68.6 cm³/mol. The summed E-state index contributed by atoms with van der Waals surface area (Å²) in [6.07, 6.45) is 6.02. The second kappa shape index (κ2) is 4.28. The highest BCUT2D eigenvalue weighted by Gasteiger charge is 2.25. The lowest BCUT2D eigenvalue weighted by Crippen LogP contribution is -2.11. The molecule has 3 nitrogen and oxygen atoms in total. The van der Waals surface area contributed by atoms with E-state index in [0.717, 1.165) is 0 Å². The first-order chi connectivity index (χ1) is 8.68. The zero-order valence-electron chi connectivity index (χ0n) is 9.15. The van der Waals surface area contributed by atoms with Gasteiger partial charge in [0.1, 0.15) is 10.9 Å². The van der Waals surface area contributed by atoms with E-state index in [9.17, 15) is 8.78 Å². The Bertz CT molecular complexity index is 623. The van der Waals surface area contributed by atoms with Gasteiger partial charge in [0.25, 0.3) is 6.43 Å². The number of imidazole rings is 1. The molecule has 0 saturated heterocycles. The molecule has 1 aliphatic heterocycles. The summed E-state index contributed by atoms with van der Waals surface area (Å²) < 4.78 is 28.5. The molecule has 2 aliphatic rings. The molecule has 0 unspecified atom stereocenters. The number of fused-ring (bicyclic) bond motifs is 3. The lowest BCUT2D eigenvalue weighted by atomic mass is 9.98. The highest BCUT2D eigenvalue weighted by atomic mass is 79.9. The Labute approximate surface area is 110 Å². The summed E-state index contributed by atoms with van der Waals surface area (Å²) in [6.45, 7) is 0. The van der Waals surface area contributed by atoms with E-state index in [1.807, 2.05) is 6.08 Å². The van der Waals surface area contributed by atoms with E-state index in [2.05, 4.69) is 25.9 Å². The molecular weight excluding hydrogens is 304 g/mol. The van der Waals surface area contributed by atoms with Gasteiger partial charge in [-0.3, -0.25) is 9.56 Å². The van der Waals surface area contributed by atoms with Crippen LogP contribution in [0.25, 0.3) is 5.70 Å². The third-order valence-corrected chi connectivity index (χ3v) is 3.50. The van der Waals surface area contributed by atoms with Gasteiger partial charge in [-0.25, -0.2) is 13.8 Å². The zero-order chi connectivity index (χ0) is 12.7. The Balaban J connectivity index is 2.29. The van der Waals surface area contributed by atoms with Crippen molar-refractivity contribution in [3.05, 3.63) is 46.1 Å². The van der Waals surface area contributed by atoms with Crippen LogP contribution in [0.2, 0.25) is 0 Å². The fraction of sp³-hybridized carbons (Fsp3) is 0.167. The van der Waals surface area contributed by atoms with E-state index < -0.39 is 6.43 Å². The first kappa shape index (κ1) is 11.5. The van der Waals surface area contributed by atoms with Gasteiger partial charge in [0.05, 0.1) is 17.6 Å². The van der Waals surface area contributed by atoms with Gasteiger partial charge in [-0.2, -0.15) is 0 Å². The molecule has 92 valence electrons. The number of rotatable bonds is 1. The van der Waals surface area contributed by atoms with E-state index in [-0.39, 0.29) is 12.0 Å². The van der Waals surface area contributed by atoms with Gasteiger partial charge >= 0.3 is 0 Å². The van der Waals surface area contributed by atoms with Gasteiger partial charge in [0, 0.05) is 17.3 Å². The summed E-state index contributed by atoms with van der Waals surface area (Å²) in [7, 11) is 0. The van der Waals surface area contributed by atoms with Crippen molar-refractivity contribution in [3.8, 4) is 0 Å². The average Bonchev–Trinajstić information content (AvgIpc) is 2.60. The Hall–Kier alpha value is -1.56. The topological polar surface area (TPSA) is 30.2 Å². The van der Waals surface area contributed by atoms with Crippen LogP contribution in [-0.2, 0) is 0 Å². The highest BCUT2D eigenvalue weighted by molar-refractivity contribution is 9.10. The Morgan fingerprint density at radius 2 is 2.22 bits per heavy atom. The van der Waals surface area contributed by atoms with Crippen molar-refractivity contribution in [2.45, 2.75) is 12.8 Å². The SMILES string of the molecule is FC(F)C1=C2C(=CN=Cc3c(Br)ncn32)C=CC1. The molecule has 1 aliphatic carbocycles. The Kier molecular flexibility index (Phi) is 2.74. The number of nitrogens with zero attached hydrogens (tertiary/aromatic N) is 3. The second-order valence-corrected chi connectivity index (χ2v) is 4.69. The Morgan fingerprint density at radius 3 is 3.00 bits per heavy atom. The van der Waals surface area contributed by atoms with E-state index in [0.29, 0.717) is 21.6 Å². The molecule has 0 amide bonds. The molecule has 0 spiro atoms.